The van der Waals surface area contributed by atoms with Gasteiger partial charge in [-0.25, -0.2) is 4.39 Å². The van der Waals surface area contributed by atoms with Crippen LogP contribution < -0.4 is 16.0 Å². The Morgan fingerprint density at radius 1 is 0.963 bits per heavy atom. The summed E-state index contributed by atoms with van der Waals surface area (Å²) in [5, 5.41) is 8.37. The van der Waals surface area contributed by atoms with E-state index in [0.29, 0.717) is 29.2 Å². The Morgan fingerprint density at radius 3 is 2.52 bits per heavy atom. The largest absolute Gasteiger partial charge is 0.467 e. The predicted octanol–water partition coefficient (Wildman–Crippen LogP) is 3.40. The fourth-order valence-corrected chi connectivity index (χ4v) is 2.37. The number of halogens is 1. The number of nitrogens with one attached hydrogen (secondary N) is 3. The molecule has 7 heteroatoms. The molecule has 3 rings (SSSR count). The van der Waals surface area contributed by atoms with Gasteiger partial charge in [-0.2, -0.15) is 0 Å². The monoisotopic (exact) mass is 367 g/mol. The summed E-state index contributed by atoms with van der Waals surface area (Å²) >= 11 is 0. The van der Waals surface area contributed by atoms with E-state index in [-0.39, 0.29) is 24.2 Å². The number of furan rings is 1. The lowest BCUT2D eigenvalue weighted by Crippen LogP contribution is -2.23. The van der Waals surface area contributed by atoms with Gasteiger partial charge in [-0.1, -0.05) is 6.07 Å². The average Bonchev–Trinajstić information content (AvgIpc) is 3.20. The Hall–Kier alpha value is -3.61. The van der Waals surface area contributed by atoms with Gasteiger partial charge in [0.1, 0.15) is 11.6 Å². The maximum atomic E-state index is 12.9. The van der Waals surface area contributed by atoms with Crippen LogP contribution in [-0.4, -0.2) is 18.4 Å². The Bertz CT molecular complexity index is 908. The Labute approximate surface area is 155 Å². The van der Waals surface area contributed by atoms with Crippen molar-refractivity contribution in [2.45, 2.75) is 6.54 Å². The molecule has 0 saturated carbocycles. The lowest BCUT2D eigenvalue weighted by atomic mass is 10.2. The number of hydrogen-bond donors (Lipinski definition) is 3. The maximum absolute atomic E-state index is 12.9. The molecule has 1 heterocycles. The van der Waals surface area contributed by atoms with Crippen molar-refractivity contribution in [2.24, 2.45) is 0 Å². The van der Waals surface area contributed by atoms with Crippen molar-refractivity contribution in [3.05, 3.63) is 84.1 Å². The van der Waals surface area contributed by atoms with Crippen LogP contribution in [0.2, 0.25) is 0 Å². The first kappa shape index (κ1) is 18.2. The number of benzene rings is 2. The van der Waals surface area contributed by atoms with Crippen LogP contribution in [0.1, 0.15) is 16.1 Å². The topological polar surface area (TPSA) is 83.4 Å². The number of anilines is 2. The highest BCUT2D eigenvalue weighted by molar-refractivity contribution is 5.96. The average molecular weight is 367 g/mol. The zero-order valence-electron chi connectivity index (χ0n) is 14.4. The van der Waals surface area contributed by atoms with E-state index in [2.05, 4.69) is 16.0 Å². The summed E-state index contributed by atoms with van der Waals surface area (Å²) in [6.45, 7) is 0.304. The third-order valence-corrected chi connectivity index (χ3v) is 3.71. The SMILES string of the molecule is O=C(CNc1cccc(C(=O)NCc2ccco2)c1)Nc1ccc(F)cc1. The zero-order valence-corrected chi connectivity index (χ0v) is 14.4. The minimum atomic E-state index is -0.367. The second-order valence-electron chi connectivity index (χ2n) is 5.75. The van der Waals surface area contributed by atoms with Gasteiger partial charge in [0.2, 0.25) is 5.91 Å². The van der Waals surface area contributed by atoms with Crippen LogP contribution in [0.3, 0.4) is 0 Å². The summed E-state index contributed by atoms with van der Waals surface area (Å²) < 4.78 is 18.0. The highest BCUT2D eigenvalue weighted by atomic mass is 19.1. The fourth-order valence-electron chi connectivity index (χ4n) is 2.37. The molecule has 0 bridgehead atoms. The van der Waals surface area contributed by atoms with Crippen molar-refractivity contribution >= 4 is 23.2 Å². The fraction of sp³-hybridized carbons (Fsp3) is 0.100. The summed E-state index contributed by atoms with van der Waals surface area (Å²) in [6, 6.07) is 15.9. The van der Waals surface area contributed by atoms with Gasteiger partial charge >= 0.3 is 0 Å². The lowest BCUT2D eigenvalue weighted by molar-refractivity contribution is -0.114. The van der Waals surface area contributed by atoms with Crippen molar-refractivity contribution in [1.29, 1.82) is 0 Å². The summed E-state index contributed by atoms with van der Waals surface area (Å²) in [6.07, 6.45) is 1.54. The third-order valence-electron chi connectivity index (χ3n) is 3.71. The second kappa shape index (κ2) is 8.66. The first-order chi connectivity index (χ1) is 13.1. The van der Waals surface area contributed by atoms with Gasteiger partial charge in [0.25, 0.3) is 5.91 Å². The van der Waals surface area contributed by atoms with Crippen LogP contribution in [0.15, 0.2) is 71.3 Å². The number of amides is 2. The predicted molar refractivity (Wildman–Crippen MR) is 99.8 cm³/mol. The lowest BCUT2D eigenvalue weighted by Gasteiger charge is -2.09. The molecular formula is C20H18FN3O3. The van der Waals surface area contributed by atoms with E-state index in [1.807, 2.05) is 0 Å². The van der Waals surface area contributed by atoms with Gasteiger partial charge in [0.15, 0.2) is 0 Å². The van der Waals surface area contributed by atoms with Crippen LogP contribution in [-0.2, 0) is 11.3 Å². The van der Waals surface area contributed by atoms with E-state index in [1.165, 1.54) is 24.3 Å². The molecule has 1 aromatic heterocycles. The van der Waals surface area contributed by atoms with Crippen molar-refractivity contribution in [2.75, 3.05) is 17.2 Å². The maximum Gasteiger partial charge on any atom is 0.251 e. The first-order valence-corrected chi connectivity index (χ1v) is 8.30. The van der Waals surface area contributed by atoms with Crippen LogP contribution in [0.25, 0.3) is 0 Å². The molecule has 0 fully saturated rings. The zero-order chi connectivity index (χ0) is 19.1. The summed E-state index contributed by atoms with van der Waals surface area (Å²) in [4.78, 5) is 24.2. The van der Waals surface area contributed by atoms with E-state index in [9.17, 15) is 14.0 Å². The minimum Gasteiger partial charge on any atom is -0.467 e. The van der Waals surface area contributed by atoms with Crippen LogP contribution >= 0.6 is 0 Å². The first-order valence-electron chi connectivity index (χ1n) is 8.30. The Morgan fingerprint density at radius 2 is 1.78 bits per heavy atom. The highest BCUT2D eigenvalue weighted by Crippen LogP contribution is 2.12. The van der Waals surface area contributed by atoms with Crippen molar-refractivity contribution in [3.63, 3.8) is 0 Å². The van der Waals surface area contributed by atoms with Crippen LogP contribution in [0.4, 0.5) is 15.8 Å². The molecule has 0 radical (unpaired) electrons. The molecule has 2 amide bonds. The molecule has 6 nitrogen and oxygen atoms in total. The minimum absolute atomic E-state index is 0.00877. The van der Waals surface area contributed by atoms with Crippen LogP contribution in [0.5, 0.6) is 0 Å². The van der Waals surface area contributed by atoms with E-state index in [0.717, 1.165) is 0 Å². The molecule has 0 aliphatic heterocycles. The molecule has 0 aliphatic rings. The normalized spacial score (nSPS) is 10.3. The molecule has 0 spiro atoms. The van der Waals surface area contributed by atoms with Gasteiger partial charge in [0, 0.05) is 16.9 Å². The van der Waals surface area contributed by atoms with E-state index >= 15 is 0 Å². The number of rotatable bonds is 7. The van der Waals surface area contributed by atoms with Crippen molar-refractivity contribution in [3.8, 4) is 0 Å². The van der Waals surface area contributed by atoms with Crippen LogP contribution in [0, 0.1) is 5.82 Å². The summed E-state index contributed by atoms with van der Waals surface area (Å²) in [5.41, 5.74) is 1.61. The molecule has 27 heavy (non-hydrogen) atoms. The standard InChI is InChI=1S/C20H18FN3O3/c21-15-6-8-16(9-7-15)24-19(25)13-22-17-4-1-3-14(11-17)20(26)23-12-18-5-2-10-27-18/h1-11,22H,12-13H2,(H,23,26)(H,24,25). The molecule has 3 aromatic rings. The molecule has 0 atom stereocenters. The van der Waals surface area contributed by atoms with Gasteiger partial charge < -0.3 is 20.4 Å². The van der Waals surface area contributed by atoms with E-state index in [4.69, 9.17) is 4.42 Å². The quantitative estimate of drug-likeness (QED) is 0.598. The molecule has 3 N–H and O–H groups in total. The number of carbonyl (C=O) groups is 2. The molecular weight excluding hydrogens is 349 g/mol. The number of carbonyl (C=O) groups excluding carboxylic acids is 2. The molecule has 0 saturated heterocycles. The van der Waals surface area contributed by atoms with Gasteiger partial charge in [-0.15, -0.1) is 0 Å². The van der Waals surface area contributed by atoms with E-state index in [1.54, 1.807) is 42.7 Å². The summed E-state index contributed by atoms with van der Waals surface area (Å²) in [7, 11) is 0. The van der Waals surface area contributed by atoms with Gasteiger partial charge in [0.05, 0.1) is 19.4 Å². The molecule has 0 aliphatic carbocycles. The Kier molecular flexibility index (Phi) is 5.84. The Balaban J connectivity index is 1.51. The highest BCUT2D eigenvalue weighted by Gasteiger charge is 2.08. The van der Waals surface area contributed by atoms with Gasteiger partial charge in [-0.3, -0.25) is 9.59 Å². The smallest absolute Gasteiger partial charge is 0.251 e. The van der Waals surface area contributed by atoms with Crippen molar-refractivity contribution < 1.29 is 18.4 Å². The molecule has 138 valence electrons. The second-order valence-corrected chi connectivity index (χ2v) is 5.75. The third kappa shape index (κ3) is 5.43. The number of hydrogen-bond acceptors (Lipinski definition) is 4. The van der Waals surface area contributed by atoms with E-state index < -0.39 is 0 Å². The van der Waals surface area contributed by atoms with Gasteiger partial charge in [-0.05, 0) is 54.6 Å². The summed E-state index contributed by atoms with van der Waals surface area (Å²) in [5.74, 6) is -0.233. The van der Waals surface area contributed by atoms with Crippen molar-refractivity contribution in [1.82, 2.24) is 5.32 Å². The molecule has 2 aromatic carbocycles. The molecule has 0 unspecified atom stereocenters.